The van der Waals surface area contributed by atoms with Gasteiger partial charge in [0.2, 0.25) is 11.8 Å². The summed E-state index contributed by atoms with van der Waals surface area (Å²) < 4.78 is 0. The van der Waals surface area contributed by atoms with Crippen molar-refractivity contribution in [3.05, 3.63) is 0 Å². The molecule has 0 bridgehead atoms. The van der Waals surface area contributed by atoms with E-state index >= 15 is 0 Å². The van der Waals surface area contributed by atoms with Crippen molar-refractivity contribution in [2.45, 2.75) is 26.7 Å². The third kappa shape index (κ3) is 4.19. The number of amides is 2. The molecular formula is C12H21ClN2O2. The second-order valence-electron chi connectivity index (χ2n) is 4.54. The summed E-state index contributed by atoms with van der Waals surface area (Å²) in [5.41, 5.74) is 0. The Bertz CT molecular complexity index is 284. The number of alkyl halides is 1. The number of carbonyl (C=O) groups excluding carboxylic acids is 2. The van der Waals surface area contributed by atoms with E-state index in [-0.39, 0.29) is 17.7 Å². The first-order valence-electron chi connectivity index (χ1n) is 6.17. The lowest BCUT2D eigenvalue weighted by Gasteiger charge is -2.35. The van der Waals surface area contributed by atoms with Crippen molar-refractivity contribution in [2.75, 3.05) is 32.1 Å². The standard InChI is InChI=1S/C12H21ClN2O2/c1-3-14(10(2)16)8-11-5-4-6-15(9-11)12(17)7-13/h11H,3-9H2,1-2H3/t11-/m1/s1. The van der Waals surface area contributed by atoms with Crippen LogP contribution in [0.15, 0.2) is 0 Å². The van der Waals surface area contributed by atoms with E-state index in [2.05, 4.69) is 0 Å². The van der Waals surface area contributed by atoms with Gasteiger partial charge in [-0.1, -0.05) is 0 Å². The van der Waals surface area contributed by atoms with Crippen molar-refractivity contribution >= 4 is 23.4 Å². The average Bonchev–Trinajstić information content (AvgIpc) is 2.34. The van der Waals surface area contributed by atoms with Crippen LogP contribution in [0.2, 0.25) is 0 Å². The molecule has 1 saturated heterocycles. The van der Waals surface area contributed by atoms with Gasteiger partial charge in [0.05, 0.1) is 0 Å². The van der Waals surface area contributed by atoms with Gasteiger partial charge in [-0.25, -0.2) is 0 Å². The maximum Gasteiger partial charge on any atom is 0.237 e. The zero-order valence-corrected chi connectivity index (χ0v) is 11.4. The molecule has 17 heavy (non-hydrogen) atoms. The van der Waals surface area contributed by atoms with Gasteiger partial charge >= 0.3 is 0 Å². The van der Waals surface area contributed by atoms with Crippen LogP contribution in [0.4, 0.5) is 0 Å². The maximum atomic E-state index is 11.5. The molecule has 0 saturated carbocycles. The van der Waals surface area contributed by atoms with Crippen LogP contribution in [0.1, 0.15) is 26.7 Å². The monoisotopic (exact) mass is 260 g/mol. The van der Waals surface area contributed by atoms with Gasteiger partial charge in [0.15, 0.2) is 0 Å². The van der Waals surface area contributed by atoms with Crippen molar-refractivity contribution in [1.29, 1.82) is 0 Å². The number of piperidine rings is 1. The Morgan fingerprint density at radius 3 is 2.71 bits per heavy atom. The molecule has 0 spiro atoms. The predicted octanol–water partition coefficient (Wildman–Crippen LogP) is 1.33. The molecule has 0 aromatic rings. The van der Waals surface area contributed by atoms with Gasteiger partial charge in [-0.2, -0.15) is 0 Å². The second-order valence-corrected chi connectivity index (χ2v) is 4.81. The van der Waals surface area contributed by atoms with Crippen LogP contribution in [-0.4, -0.2) is 53.7 Å². The van der Waals surface area contributed by atoms with Crippen LogP contribution in [0.3, 0.4) is 0 Å². The molecule has 1 atom stereocenters. The lowest BCUT2D eigenvalue weighted by atomic mass is 9.97. The minimum Gasteiger partial charge on any atom is -0.343 e. The number of nitrogens with zero attached hydrogens (tertiary/aromatic N) is 2. The van der Waals surface area contributed by atoms with Crippen LogP contribution in [-0.2, 0) is 9.59 Å². The normalized spacial score (nSPS) is 20.2. The van der Waals surface area contributed by atoms with Crippen LogP contribution >= 0.6 is 11.6 Å². The summed E-state index contributed by atoms with van der Waals surface area (Å²) in [4.78, 5) is 26.5. The van der Waals surface area contributed by atoms with Gasteiger partial charge in [-0.3, -0.25) is 9.59 Å². The maximum absolute atomic E-state index is 11.5. The quantitative estimate of drug-likeness (QED) is 0.716. The van der Waals surface area contributed by atoms with E-state index in [0.717, 1.165) is 39.0 Å². The number of hydrogen-bond acceptors (Lipinski definition) is 2. The minimum atomic E-state index is 0.00207. The third-order valence-electron chi connectivity index (χ3n) is 3.29. The molecule has 1 fully saturated rings. The Kier molecular flexibility index (Phi) is 5.75. The van der Waals surface area contributed by atoms with Gasteiger partial charge < -0.3 is 9.80 Å². The van der Waals surface area contributed by atoms with E-state index in [1.807, 2.05) is 16.7 Å². The fourth-order valence-corrected chi connectivity index (χ4v) is 2.49. The van der Waals surface area contributed by atoms with Gasteiger partial charge in [-0.05, 0) is 25.7 Å². The first-order chi connectivity index (χ1) is 8.08. The summed E-state index contributed by atoms with van der Waals surface area (Å²) in [6, 6.07) is 0. The molecule has 1 rings (SSSR count). The molecule has 0 N–H and O–H groups in total. The lowest BCUT2D eigenvalue weighted by molar-refractivity contribution is -0.131. The highest BCUT2D eigenvalue weighted by Crippen LogP contribution is 2.18. The largest absolute Gasteiger partial charge is 0.343 e. The molecule has 1 heterocycles. The van der Waals surface area contributed by atoms with Crippen molar-refractivity contribution in [3.63, 3.8) is 0 Å². The average molecular weight is 261 g/mol. The van der Waals surface area contributed by atoms with E-state index in [4.69, 9.17) is 11.6 Å². The summed E-state index contributed by atoms with van der Waals surface area (Å²) in [7, 11) is 0. The highest BCUT2D eigenvalue weighted by atomic mass is 35.5. The molecule has 0 aliphatic carbocycles. The smallest absolute Gasteiger partial charge is 0.237 e. The van der Waals surface area contributed by atoms with Crippen LogP contribution in [0, 0.1) is 5.92 Å². The molecule has 0 radical (unpaired) electrons. The summed E-state index contributed by atoms with van der Waals surface area (Å²) in [5, 5.41) is 0. The number of hydrogen-bond donors (Lipinski definition) is 0. The summed E-state index contributed by atoms with van der Waals surface area (Å²) in [6.45, 7) is 6.58. The SMILES string of the molecule is CCN(C[C@H]1CCCN(C(=O)CCl)C1)C(C)=O. The Morgan fingerprint density at radius 2 is 2.18 bits per heavy atom. The van der Waals surface area contributed by atoms with E-state index in [9.17, 15) is 9.59 Å². The molecule has 0 aromatic carbocycles. The third-order valence-corrected chi connectivity index (χ3v) is 3.52. The number of carbonyl (C=O) groups is 2. The van der Waals surface area contributed by atoms with Crippen molar-refractivity contribution in [3.8, 4) is 0 Å². The Morgan fingerprint density at radius 1 is 1.47 bits per heavy atom. The fourth-order valence-electron chi connectivity index (χ4n) is 2.32. The van der Waals surface area contributed by atoms with E-state index in [1.54, 1.807) is 6.92 Å². The summed E-state index contributed by atoms with van der Waals surface area (Å²) >= 11 is 5.56. The molecule has 1 aliphatic heterocycles. The van der Waals surface area contributed by atoms with Crippen LogP contribution < -0.4 is 0 Å². The van der Waals surface area contributed by atoms with E-state index in [1.165, 1.54) is 0 Å². The summed E-state index contributed by atoms with van der Waals surface area (Å²) in [6.07, 6.45) is 2.08. The molecule has 1 aliphatic rings. The Hall–Kier alpha value is -0.770. The number of rotatable bonds is 4. The highest BCUT2D eigenvalue weighted by molar-refractivity contribution is 6.27. The Labute approximate surface area is 108 Å². The van der Waals surface area contributed by atoms with Crippen molar-refractivity contribution < 1.29 is 9.59 Å². The first-order valence-corrected chi connectivity index (χ1v) is 6.71. The molecule has 98 valence electrons. The summed E-state index contributed by atoms with van der Waals surface area (Å²) in [5.74, 6) is 0.548. The van der Waals surface area contributed by atoms with Gasteiger partial charge in [0.25, 0.3) is 0 Å². The molecule has 0 unspecified atom stereocenters. The van der Waals surface area contributed by atoms with Crippen LogP contribution in [0.5, 0.6) is 0 Å². The minimum absolute atomic E-state index is 0.00207. The number of likely N-dealkylation sites (tertiary alicyclic amines) is 1. The van der Waals surface area contributed by atoms with E-state index < -0.39 is 0 Å². The molecular weight excluding hydrogens is 240 g/mol. The van der Waals surface area contributed by atoms with Gasteiger partial charge in [-0.15, -0.1) is 11.6 Å². The highest BCUT2D eigenvalue weighted by Gasteiger charge is 2.24. The molecule has 0 aromatic heterocycles. The number of halogens is 1. The molecule has 2 amide bonds. The predicted molar refractivity (Wildman–Crippen MR) is 68.0 cm³/mol. The fraction of sp³-hybridized carbons (Fsp3) is 0.833. The lowest BCUT2D eigenvalue weighted by Crippen LogP contribution is -2.45. The van der Waals surface area contributed by atoms with Crippen molar-refractivity contribution in [1.82, 2.24) is 9.80 Å². The first kappa shape index (κ1) is 14.3. The molecule has 5 heteroatoms. The zero-order chi connectivity index (χ0) is 12.8. The van der Waals surface area contributed by atoms with Crippen LogP contribution in [0.25, 0.3) is 0 Å². The van der Waals surface area contributed by atoms with Gasteiger partial charge in [0.1, 0.15) is 5.88 Å². The van der Waals surface area contributed by atoms with Gasteiger partial charge in [0, 0.05) is 33.1 Å². The van der Waals surface area contributed by atoms with E-state index in [0.29, 0.717) is 5.92 Å². The second kappa shape index (κ2) is 6.84. The zero-order valence-electron chi connectivity index (χ0n) is 10.6. The topological polar surface area (TPSA) is 40.6 Å². The Balaban J connectivity index is 2.49. The molecule has 4 nitrogen and oxygen atoms in total. The van der Waals surface area contributed by atoms with Crippen molar-refractivity contribution in [2.24, 2.45) is 5.92 Å².